The Hall–Kier alpha value is -3.32. The average molecular weight is 452 g/mol. The molecule has 2 aromatic carbocycles. The second kappa shape index (κ2) is 9.67. The van der Waals surface area contributed by atoms with Crippen LogP contribution < -0.4 is 15.2 Å². The van der Waals surface area contributed by atoms with Crippen molar-refractivity contribution in [2.24, 2.45) is 0 Å². The van der Waals surface area contributed by atoms with E-state index >= 15 is 0 Å². The fraction of sp³-hybridized carbons (Fsp3) is 0.346. The molecule has 0 unspecified atom stereocenters. The number of piperazine rings is 1. The Bertz CT molecular complexity index is 1170. The highest BCUT2D eigenvalue weighted by molar-refractivity contribution is 5.48. The van der Waals surface area contributed by atoms with Crippen molar-refractivity contribution in [2.75, 3.05) is 38.2 Å². The smallest absolute Gasteiger partial charge is 0.259 e. The van der Waals surface area contributed by atoms with Crippen molar-refractivity contribution < 1.29 is 14.2 Å². The number of aromatic nitrogens is 1. The maximum absolute atomic E-state index is 14.3. The highest BCUT2D eigenvalue weighted by atomic mass is 19.1. The van der Waals surface area contributed by atoms with Gasteiger partial charge in [-0.15, -0.1) is 0 Å². The van der Waals surface area contributed by atoms with Crippen LogP contribution in [0.5, 0.6) is 11.5 Å². The molecule has 7 heteroatoms. The van der Waals surface area contributed by atoms with Gasteiger partial charge in [-0.05, 0) is 49.7 Å². The highest BCUT2D eigenvalue weighted by Gasteiger charge is 2.31. The first-order chi connectivity index (χ1) is 15.9. The van der Waals surface area contributed by atoms with Gasteiger partial charge in [0.1, 0.15) is 17.3 Å². The first-order valence-electron chi connectivity index (χ1n) is 11.2. The van der Waals surface area contributed by atoms with Crippen molar-refractivity contribution in [1.29, 1.82) is 0 Å². The van der Waals surface area contributed by atoms with Gasteiger partial charge in [0.2, 0.25) is 0 Å². The zero-order valence-electron chi connectivity index (χ0n) is 19.3. The molecule has 4 rings (SSSR count). The lowest BCUT2D eigenvalue weighted by Gasteiger charge is -2.40. The molecule has 174 valence electrons. The second-order valence-corrected chi connectivity index (χ2v) is 8.28. The summed E-state index contributed by atoms with van der Waals surface area (Å²) in [5.41, 5.74) is 2.39. The largest absolute Gasteiger partial charge is 0.507 e. The molecule has 0 radical (unpaired) electrons. The number of anilines is 1. The number of para-hydroxylation sites is 1. The Kier molecular flexibility index (Phi) is 6.70. The molecule has 0 aliphatic carbocycles. The van der Waals surface area contributed by atoms with Gasteiger partial charge in [0.15, 0.2) is 0 Å². The Labute approximate surface area is 193 Å². The van der Waals surface area contributed by atoms with Crippen LogP contribution in [-0.4, -0.2) is 47.9 Å². The monoisotopic (exact) mass is 451 g/mol. The van der Waals surface area contributed by atoms with E-state index in [-0.39, 0.29) is 17.1 Å². The van der Waals surface area contributed by atoms with E-state index in [9.17, 15) is 14.3 Å². The molecular formula is C26H30FN3O3. The van der Waals surface area contributed by atoms with Crippen molar-refractivity contribution in [3.63, 3.8) is 0 Å². The summed E-state index contributed by atoms with van der Waals surface area (Å²) in [6.07, 6.45) is 0. The number of pyridine rings is 1. The summed E-state index contributed by atoms with van der Waals surface area (Å²) in [6, 6.07) is 15.6. The van der Waals surface area contributed by atoms with Gasteiger partial charge < -0.3 is 19.3 Å². The number of halogens is 1. The minimum atomic E-state index is -0.426. The van der Waals surface area contributed by atoms with Crippen LogP contribution in [0.15, 0.2) is 59.4 Å². The van der Waals surface area contributed by atoms with Gasteiger partial charge in [-0.2, -0.15) is 0 Å². The Morgan fingerprint density at radius 2 is 1.73 bits per heavy atom. The number of ether oxygens (including phenoxy) is 1. The maximum Gasteiger partial charge on any atom is 0.259 e. The van der Waals surface area contributed by atoms with Crippen molar-refractivity contribution in [3.8, 4) is 11.5 Å². The summed E-state index contributed by atoms with van der Waals surface area (Å²) >= 11 is 0. The standard InChI is InChI=1S/C26H30FN3O3/c1-4-30-18(2)17-23(31)24(26(30)32)25(19-9-11-20(33-3)12-10-19)29-15-13-28(14-16-29)22-8-6-5-7-21(22)27/h5-12,17,25,31H,4,13-16H2,1-3H3/t25-/m1/s1. The molecule has 1 saturated heterocycles. The molecule has 1 aliphatic rings. The van der Waals surface area contributed by atoms with Crippen LogP contribution in [0, 0.1) is 12.7 Å². The lowest BCUT2D eigenvalue weighted by Crippen LogP contribution is -2.49. The Morgan fingerprint density at radius 3 is 2.33 bits per heavy atom. The van der Waals surface area contributed by atoms with E-state index in [1.54, 1.807) is 29.9 Å². The number of hydrogen-bond acceptors (Lipinski definition) is 5. The fourth-order valence-corrected chi connectivity index (χ4v) is 4.69. The zero-order valence-corrected chi connectivity index (χ0v) is 19.3. The summed E-state index contributed by atoms with van der Waals surface area (Å²) < 4.78 is 21.3. The van der Waals surface area contributed by atoms with Crippen molar-refractivity contribution in [1.82, 2.24) is 9.47 Å². The minimum absolute atomic E-state index is 0.000415. The molecule has 33 heavy (non-hydrogen) atoms. The molecule has 0 spiro atoms. The van der Waals surface area contributed by atoms with E-state index in [0.29, 0.717) is 44.0 Å². The van der Waals surface area contributed by atoms with Crippen LogP contribution in [0.3, 0.4) is 0 Å². The van der Waals surface area contributed by atoms with Gasteiger partial charge in [0.05, 0.1) is 24.4 Å². The number of aryl methyl sites for hydroxylation is 1. The zero-order chi connectivity index (χ0) is 23.5. The normalized spacial score (nSPS) is 15.5. The van der Waals surface area contributed by atoms with Crippen LogP contribution in [0.1, 0.15) is 29.8 Å². The van der Waals surface area contributed by atoms with Crippen LogP contribution in [0.2, 0.25) is 0 Å². The molecule has 0 bridgehead atoms. The third kappa shape index (κ3) is 4.46. The van der Waals surface area contributed by atoms with E-state index in [2.05, 4.69) is 4.90 Å². The lowest BCUT2D eigenvalue weighted by molar-refractivity contribution is 0.207. The molecular weight excluding hydrogens is 421 g/mol. The van der Waals surface area contributed by atoms with Crippen LogP contribution in [0.4, 0.5) is 10.1 Å². The van der Waals surface area contributed by atoms with E-state index in [4.69, 9.17) is 4.74 Å². The van der Waals surface area contributed by atoms with Gasteiger partial charge in [0.25, 0.3) is 5.56 Å². The third-order valence-corrected chi connectivity index (χ3v) is 6.42. The number of aromatic hydroxyl groups is 1. The molecule has 0 amide bonds. The highest BCUT2D eigenvalue weighted by Crippen LogP contribution is 2.34. The van der Waals surface area contributed by atoms with Gasteiger partial charge in [0, 0.05) is 38.4 Å². The molecule has 1 atom stereocenters. The quantitative estimate of drug-likeness (QED) is 0.615. The summed E-state index contributed by atoms with van der Waals surface area (Å²) in [7, 11) is 1.61. The molecule has 1 N–H and O–H groups in total. The minimum Gasteiger partial charge on any atom is -0.507 e. The molecule has 2 heterocycles. The topological polar surface area (TPSA) is 57.9 Å². The molecule has 0 saturated carbocycles. The summed E-state index contributed by atoms with van der Waals surface area (Å²) in [5.74, 6) is 0.486. The summed E-state index contributed by atoms with van der Waals surface area (Å²) in [5, 5.41) is 10.9. The van der Waals surface area contributed by atoms with E-state index in [1.807, 2.05) is 49.1 Å². The predicted octanol–water partition coefficient (Wildman–Crippen LogP) is 3.94. The van der Waals surface area contributed by atoms with Gasteiger partial charge in [-0.25, -0.2) is 4.39 Å². The SMILES string of the molecule is CCn1c(C)cc(O)c([C@@H](c2ccc(OC)cc2)N2CCN(c3ccccc3F)CC2)c1=O. The maximum atomic E-state index is 14.3. The molecule has 1 fully saturated rings. The molecule has 1 aromatic heterocycles. The first-order valence-corrected chi connectivity index (χ1v) is 11.2. The first kappa shape index (κ1) is 22.9. The van der Waals surface area contributed by atoms with Crippen LogP contribution >= 0.6 is 0 Å². The molecule has 3 aromatic rings. The van der Waals surface area contributed by atoms with E-state index in [1.165, 1.54) is 6.07 Å². The lowest BCUT2D eigenvalue weighted by atomic mass is 9.95. The molecule has 1 aliphatic heterocycles. The third-order valence-electron chi connectivity index (χ3n) is 6.42. The number of methoxy groups -OCH3 is 1. The van der Waals surface area contributed by atoms with Crippen molar-refractivity contribution in [3.05, 3.63) is 87.6 Å². The van der Waals surface area contributed by atoms with Gasteiger partial charge >= 0.3 is 0 Å². The van der Waals surface area contributed by atoms with Crippen molar-refractivity contribution in [2.45, 2.75) is 26.4 Å². The Morgan fingerprint density at radius 1 is 1.06 bits per heavy atom. The summed E-state index contributed by atoms with van der Waals surface area (Å²) in [4.78, 5) is 17.7. The number of hydrogen-bond donors (Lipinski definition) is 1. The van der Waals surface area contributed by atoms with Gasteiger partial charge in [-0.3, -0.25) is 9.69 Å². The van der Waals surface area contributed by atoms with Crippen molar-refractivity contribution >= 4 is 5.69 Å². The number of rotatable bonds is 6. The fourth-order valence-electron chi connectivity index (χ4n) is 4.69. The molecule has 6 nitrogen and oxygen atoms in total. The predicted molar refractivity (Wildman–Crippen MR) is 128 cm³/mol. The van der Waals surface area contributed by atoms with Gasteiger partial charge in [-0.1, -0.05) is 24.3 Å². The van der Waals surface area contributed by atoms with Crippen LogP contribution in [0.25, 0.3) is 0 Å². The number of benzene rings is 2. The number of nitrogens with zero attached hydrogens (tertiary/aromatic N) is 3. The van der Waals surface area contributed by atoms with E-state index < -0.39 is 6.04 Å². The van der Waals surface area contributed by atoms with E-state index in [0.717, 1.165) is 17.0 Å². The Balaban J connectivity index is 1.72. The average Bonchev–Trinajstić information content (AvgIpc) is 2.82. The summed E-state index contributed by atoms with van der Waals surface area (Å²) in [6.45, 7) is 6.72. The second-order valence-electron chi connectivity index (χ2n) is 8.28. The van der Waals surface area contributed by atoms with Crippen LogP contribution in [-0.2, 0) is 6.54 Å².